The molecule has 7 heteroatoms. The molecule has 0 radical (unpaired) electrons. The van der Waals surface area contributed by atoms with E-state index in [9.17, 15) is 18.0 Å². The van der Waals surface area contributed by atoms with Crippen LogP contribution in [0, 0.1) is 17.5 Å². The molecule has 3 rings (SSSR count). The Balaban J connectivity index is 1.76. The molecule has 2 nitrogen and oxygen atoms in total. The van der Waals surface area contributed by atoms with Crippen LogP contribution in [0.5, 0.6) is 0 Å². The molecule has 0 heterocycles. The van der Waals surface area contributed by atoms with Crippen LogP contribution in [0.2, 0.25) is 5.02 Å². The highest BCUT2D eigenvalue weighted by Crippen LogP contribution is 2.37. The van der Waals surface area contributed by atoms with Crippen LogP contribution < -0.4 is 5.32 Å². The number of amides is 1. The molecule has 1 N–H and O–H groups in total. The number of benzene rings is 2. The first-order valence-corrected chi connectivity index (χ1v) is 9.62. The Kier molecular flexibility index (Phi) is 6.14. The minimum atomic E-state index is -1.57. The highest BCUT2D eigenvalue weighted by molar-refractivity contribution is 8.00. The molecule has 1 saturated carbocycles. The Hall–Kier alpha value is -1.66. The third-order valence-electron chi connectivity index (χ3n) is 4.28. The second-order valence-electron chi connectivity index (χ2n) is 6.23. The molecular weight excluding hydrogens is 383 g/mol. The second kappa shape index (κ2) is 8.35. The average Bonchev–Trinajstić information content (AvgIpc) is 2.62. The Morgan fingerprint density at radius 3 is 2.35 bits per heavy atom. The summed E-state index contributed by atoms with van der Waals surface area (Å²) in [6, 6.07) is 6.33. The van der Waals surface area contributed by atoms with E-state index in [1.807, 2.05) is 0 Å². The summed E-state index contributed by atoms with van der Waals surface area (Å²) < 4.78 is 39.6. The standard InChI is InChI=1S/C19H17ClF3NOS/c20-14-7-6-11(8-17(14)26-13-4-2-1-3-5-13)19(25)24-12-9-15(21)18(23)16(22)10-12/h6-10,13H,1-5H2,(H,24,25). The number of hydrogen-bond donors (Lipinski definition) is 1. The van der Waals surface area contributed by atoms with Crippen LogP contribution in [0.1, 0.15) is 42.5 Å². The summed E-state index contributed by atoms with van der Waals surface area (Å²) in [5.74, 6) is -4.83. The van der Waals surface area contributed by atoms with Crippen LogP contribution >= 0.6 is 23.4 Å². The third kappa shape index (κ3) is 4.54. The first kappa shape index (κ1) is 19.1. The number of hydrogen-bond acceptors (Lipinski definition) is 2. The maximum absolute atomic E-state index is 13.3. The quantitative estimate of drug-likeness (QED) is 0.600. The van der Waals surface area contributed by atoms with E-state index in [4.69, 9.17) is 11.6 Å². The molecule has 1 fully saturated rings. The van der Waals surface area contributed by atoms with Crippen molar-refractivity contribution in [2.75, 3.05) is 5.32 Å². The van der Waals surface area contributed by atoms with Gasteiger partial charge in [-0.25, -0.2) is 13.2 Å². The molecule has 26 heavy (non-hydrogen) atoms. The first-order chi connectivity index (χ1) is 12.4. The first-order valence-electron chi connectivity index (χ1n) is 8.36. The van der Waals surface area contributed by atoms with Crippen LogP contribution in [0.4, 0.5) is 18.9 Å². The highest BCUT2D eigenvalue weighted by Gasteiger charge is 2.18. The van der Waals surface area contributed by atoms with Crippen LogP contribution in [0.15, 0.2) is 35.2 Å². The van der Waals surface area contributed by atoms with Gasteiger partial charge in [-0.2, -0.15) is 0 Å². The molecule has 0 aromatic heterocycles. The fraction of sp³-hybridized carbons (Fsp3) is 0.316. The van der Waals surface area contributed by atoms with E-state index in [0.29, 0.717) is 15.8 Å². The van der Waals surface area contributed by atoms with Gasteiger partial charge in [0.15, 0.2) is 17.5 Å². The van der Waals surface area contributed by atoms with Crippen LogP contribution in [-0.4, -0.2) is 11.2 Å². The smallest absolute Gasteiger partial charge is 0.255 e. The molecule has 0 bridgehead atoms. The van der Waals surface area contributed by atoms with Gasteiger partial charge in [0, 0.05) is 33.5 Å². The maximum Gasteiger partial charge on any atom is 0.255 e. The highest BCUT2D eigenvalue weighted by atomic mass is 35.5. The normalized spacial score (nSPS) is 15.1. The number of carbonyl (C=O) groups is 1. The van der Waals surface area contributed by atoms with Gasteiger partial charge in [-0.3, -0.25) is 4.79 Å². The maximum atomic E-state index is 13.3. The van der Waals surface area contributed by atoms with Crippen LogP contribution in [0.3, 0.4) is 0 Å². The minimum absolute atomic E-state index is 0.150. The SMILES string of the molecule is O=C(Nc1cc(F)c(F)c(F)c1)c1ccc(Cl)c(SC2CCCCC2)c1. The second-order valence-corrected chi connectivity index (χ2v) is 7.98. The van der Waals surface area contributed by atoms with E-state index in [-0.39, 0.29) is 5.69 Å². The molecule has 0 atom stereocenters. The van der Waals surface area contributed by atoms with E-state index in [2.05, 4.69) is 5.32 Å². The summed E-state index contributed by atoms with van der Waals surface area (Å²) >= 11 is 7.90. The summed E-state index contributed by atoms with van der Waals surface area (Å²) in [6.45, 7) is 0. The molecule has 0 unspecified atom stereocenters. The Morgan fingerprint density at radius 2 is 1.69 bits per heavy atom. The van der Waals surface area contributed by atoms with Gasteiger partial charge in [-0.05, 0) is 31.0 Å². The zero-order valence-corrected chi connectivity index (χ0v) is 15.4. The zero-order valence-electron chi connectivity index (χ0n) is 13.8. The lowest BCUT2D eigenvalue weighted by atomic mass is 10.0. The van der Waals surface area contributed by atoms with Crippen molar-refractivity contribution in [3.8, 4) is 0 Å². The lowest BCUT2D eigenvalue weighted by Gasteiger charge is -2.21. The van der Waals surface area contributed by atoms with E-state index in [1.54, 1.807) is 30.0 Å². The van der Waals surface area contributed by atoms with Gasteiger partial charge < -0.3 is 5.32 Å². The van der Waals surface area contributed by atoms with Gasteiger partial charge in [-0.1, -0.05) is 30.9 Å². The molecule has 2 aromatic carbocycles. The molecule has 0 saturated heterocycles. The monoisotopic (exact) mass is 399 g/mol. The number of halogens is 4. The molecule has 0 aliphatic heterocycles. The lowest BCUT2D eigenvalue weighted by molar-refractivity contribution is 0.102. The predicted octanol–water partition coefficient (Wildman–Crippen LogP) is 6.43. The van der Waals surface area contributed by atoms with Crippen molar-refractivity contribution in [1.82, 2.24) is 0 Å². The zero-order chi connectivity index (χ0) is 18.7. The van der Waals surface area contributed by atoms with Gasteiger partial charge in [0.2, 0.25) is 0 Å². The van der Waals surface area contributed by atoms with Crippen molar-refractivity contribution in [2.45, 2.75) is 42.2 Å². The number of carbonyl (C=O) groups excluding carboxylic acids is 1. The van der Waals surface area contributed by atoms with Gasteiger partial charge in [0.1, 0.15) is 0 Å². The molecule has 2 aromatic rings. The molecule has 0 spiro atoms. The number of thioether (sulfide) groups is 1. The predicted molar refractivity (Wildman–Crippen MR) is 98.5 cm³/mol. The van der Waals surface area contributed by atoms with Crippen LogP contribution in [0.25, 0.3) is 0 Å². The van der Waals surface area contributed by atoms with Gasteiger partial charge in [0.25, 0.3) is 5.91 Å². The Bertz CT molecular complexity index is 801. The fourth-order valence-electron chi connectivity index (χ4n) is 2.93. The summed E-state index contributed by atoms with van der Waals surface area (Å²) in [4.78, 5) is 13.2. The number of nitrogens with one attached hydrogen (secondary N) is 1. The van der Waals surface area contributed by atoms with Crippen molar-refractivity contribution in [1.29, 1.82) is 0 Å². The van der Waals surface area contributed by atoms with E-state index < -0.39 is 23.4 Å². The molecule has 1 amide bonds. The Morgan fingerprint density at radius 1 is 1.04 bits per heavy atom. The third-order valence-corrected chi connectivity index (χ3v) is 6.12. The van der Waals surface area contributed by atoms with Crippen molar-refractivity contribution in [3.63, 3.8) is 0 Å². The van der Waals surface area contributed by atoms with Gasteiger partial charge >= 0.3 is 0 Å². The van der Waals surface area contributed by atoms with Crippen molar-refractivity contribution in [2.24, 2.45) is 0 Å². The molecule has 1 aliphatic carbocycles. The van der Waals surface area contributed by atoms with Gasteiger partial charge in [-0.15, -0.1) is 11.8 Å². The fourth-order valence-corrected chi connectivity index (χ4v) is 4.48. The van der Waals surface area contributed by atoms with Crippen molar-refractivity contribution in [3.05, 3.63) is 58.4 Å². The Labute approximate surface area is 159 Å². The van der Waals surface area contributed by atoms with Crippen molar-refractivity contribution >= 4 is 35.0 Å². The average molecular weight is 400 g/mol. The topological polar surface area (TPSA) is 29.1 Å². The number of rotatable bonds is 4. The molecule has 138 valence electrons. The molecular formula is C19H17ClF3NOS. The van der Waals surface area contributed by atoms with E-state index >= 15 is 0 Å². The van der Waals surface area contributed by atoms with Gasteiger partial charge in [0.05, 0.1) is 5.02 Å². The lowest BCUT2D eigenvalue weighted by Crippen LogP contribution is -2.13. The van der Waals surface area contributed by atoms with E-state index in [0.717, 1.165) is 29.9 Å². The summed E-state index contributed by atoms with van der Waals surface area (Å²) in [5.41, 5.74) is 0.167. The largest absolute Gasteiger partial charge is 0.322 e. The number of anilines is 1. The minimum Gasteiger partial charge on any atom is -0.322 e. The molecule has 1 aliphatic rings. The van der Waals surface area contributed by atoms with Crippen LogP contribution in [-0.2, 0) is 0 Å². The summed E-state index contributed by atoms with van der Waals surface area (Å²) in [5, 5.41) is 3.42. The summed E-state index contributed by atoms with van der Waals surface area (Å²) in [6.07, 6.45) is 5.86. The van der Waals surface area contributed by atoms with Crippen molar-refractivity contribution < 1.29 is 18.0 Å². The summed E-state index contributed by atoms with van der Waals surface area (Å²) in [7, 11) is 0. The van der Waals surface area contributed by atoms with E-state index in [1.165, 1.54) is 19.3 Å².